The Morgan fingerprint density at radius 2 is 1.63 bits per heavy atom. The van der Waals surface area contributed by atoms with E-state index in [1.54, 1.807) is 23.9 Å². The number of halogens is 1. The minimum Gasteiger partial charge on any atom is -0.439 e. The summed E-state index contributed by atoms with van der Waals surface area (Å²) in [6.07, 6.45) is -0.654. The van der Waals surface area contributed by atoms with Crippen LogP contribution >= 0.6 is 0 Å². The lowest BCUT2D eigenvalue weighted by Gasteiger charge is -2.25. The highest BCUT2D eigenvalue weighted by molar-refractivity contribution is 5.43. The summed E-state index contributed by atoms with van der Waals surface area (Å²) in [5.74, 6) is 0.736. The van der Waals surface area contributed by atoms with E-state index in [2.05, 4.69) is 4.90 Å². The van der Waals surface area contributed by atoms with Gasteiger partial charge in [-0.2, -0.15) is 5.10 Å². The van der Waals surface area contributed by atoms with Crippen LogP contribution in [0.5, 0.6) is 11.6 Å². The molecule has 7 heteroatoms. The van der Waals surface area contributed by atoms with Gasteiger partial charge in [0.2, 0.25) is 5.88 Å². The summed E-state index contributed by atoms with van der Waals surface area (Å²) in [5, 5.41) is 15.6. The normalized spacial score (nSPS) is 12.1. The van der Waals surface area contributed by atoms with E-state index in [0.29, 0.717) is 37.9 Å². The van der Waals surface area contributed by atoms with Crippen LogP contribution in [0.25, 0.3) is 5.69 Å². The molecule has 0 saturated heterocycles. The molecule has 1 heterocycles. The second-order valence-corrected chi connectivity index (χ2v) is 8.33. The largest absolute Gasteiger partial charge is 0.439 e. The van der Waals surface area contributed by atoms with E-state index in [4.69, 9.17) is 14.6 Å². The summed E-state index contributed by atoms with van der Waals surface area (Å²) in [6, 6.07) is 25.3. The van der Waals surface area contributed by atoms with Crippen molar-refractivity contribution in [1.82, 2.24) is 14.7 Å². The lowest BCUT2D eigenvalue weighted by Crippen LogP contribution is -2.31. The molecule has 0 saturated carbocycles. The Bertz CT molecular complexity index is 1200. The zero-order chi connectivity index (χ0) is 24.6. The third kappa shape index (κ3) is 6.33. The number of aromatic nitrogens is 2. The Kier molecular flexibility index (Phi) is 8.26. The highest BCUT2D eigenvalue weighted by atomic mass is 19.1. The molecule has 1 N–H and O–H groups in total. The SMILES string of the molecule is COCCN(Cc1c(C)nn(-c2ccccc2)c1Oc1ccc(F)cc1)CC(O)c1ccccc1. The third-order valence-electron chi connectivity index (χ3n) is 5.78. The zero-order valence-corrected chi connectivity index (χ0v) is 20.0. The maximum atomic E-state index is 13.5. The second-order valence-electron chi connectivity index (χ2n) is 8.33. The first-order chi connectivity index (χ1) is 17.0. The highest BCUT2D eigenvalue weighted by Crippen LogP contribution is 2.32. The summed E-state index contributed by atoms with van der Waals surface area (Å²) >= 11 is 0. The van der Waals surface area contributed by atoms with Gasteiger partial charge in [0, 0.05) is 26.7 Å². The van der Waals surface area contributed by atoms with Crippen LogP contribution in [-0.2, 0) is 11.3 Å². The molecule has 0 fully saturated rings. The molecule has 1 atom stereocenters. The molecule has 4 rings (SSSR count). The minimum atomic E-state index is -0.654. The van der Waals surface area contributed by atoms with Crippen molar-refractivity contribution in [2.75, 3.05) is 26.8 Å². The van der Waals surface area contributed by atoms with Gasteiger partial charge in [0.05, 0.1) is 29.7 Å². The number of hydrogen-bond acceptors (Lipinski definition) is 5. The summed E-state index contributed by atoms with van der Waals surface area (Å²) < 4.78 is 26.9. The lowest BCUT2D eigenvalue weighted by molar-refractivity contribution is 0.0844. The summed E-state index contributed by atoms with van der Waals surface area (Å²) in [4.78, 5) is 2.12. The van der Waals surface area contributed by atoms with Crippen molar-refractivity contribution in [2.45, 2.75) is 19.6 Å². The number of ether oxygens (including phenoxy) is 2. The number of benzene rings is 3. The Morgan fingerprint density at radius 3 is 2.29 bits per heavy atom. The van der Waals surface area contributed by atoms with Crippen molar-refractivity contribution in [1.29, 1.82) is 0 Å². The average molecular weight is 476 g/mol. The fourth-order valence-corrected chi connectivity index (χ4v) is 3.89. The quantitative estimate of drug-likeness (QED) is 0.319. The Hall–Kier alpha value is -3.52. The maximum Gasteiger partial charge on any atom is 0.227 e. The van der Waals surface area contributed by atoms with Gasteiger partial charge < -0.3 is 14.6 Å². The summed E-state index contributed by atoms with van der Waals surface area (Å²) in [7, 11) is 1.66. The Balaban J connectivity index is 1.67. The van der Waals surface area contributed by atoms with Gasteiger partial charge in [0.1, 0.15) is 11.6 Å². The van der Waals surface area contributed by atoms with Gasteiger partial charge in [0.25, 0.3) is 0 Å². The van der Waals surface area contributed by atoms with Crippen LogP contribution in [0.4, 0.5) is 4.39 Å². The van der Waals surface area contributed by atoms with Gasteiger partial charge >= 0.3 is 0 Å². The molecule has 4 aromatic rings. The topological polar surface area (TPSA) is 59.8 Å². The third-order valence-corrected chi connectivity index (χ3v) is 5.78. The molecule has 1 aromatic heterocycles. The number of aryl methyl sites for hydroxylation is 1. The maximum absolute atomic E-state index is 13.5. The molecule has 6 nitrogen and oxygen atoms in total. The lowest BCUT2D eigenvalue weighted by atomic mass is 10.1. The first kappa shape index (κ1) is 24.6. The van der Waals surface area contributed by atoms with Crippen molar-refractivity contribution in [3.05, 3.63) is 108 Å². The molecule has 0 aliphatic rings. The fraction of sp³-hybridized carbons (Fsp3) is 0.250. The predicted octanol–water partition coefficient (Wildman–Crippen LogP) is 5.29. The Labute approximate surface area is 205 Å². The van der Waals surface area contributed by atoms with Crippen LogP contribution in [0, 0.1) is 12.7 Å². The van der Waals surface area contributed by atoms with E-state index in [0.717, 1.165) is 22.5 Å². The van der Waals surface area contributed by atoms with Gasteiger partial charge in [0.15, 0.2) is 0 Å². The van der Waals surface area contributed by atoms with Crippen LogP contribution in [0.2, 0.25) is 0 Å². The molecule has 0 aliphatic heterocycles. The zero-order valence-electron chi connectivity index (χ0n) is 20.0. The molecule has 0 spiro atoms. The van der Waals surface area contributed by atoms with Crippen molar-refractivity contribution < 1.29 is 19.0 Å². The van der Waals surface area contributed by atoms with E-state index < -0.39 is 6.10 Å². The molecule has 1 unspecified atom stereocenters. The Morgan fingerprint density at radius 1 is 0.971 bits per heavy atom. The van der Waals surface area contributed by atoms with Crippen LogP contribution in [0.1, 0.15) is 22.9 Å². The van der Waals surface area contributed by atoms with Crippen LogP contribution in [-0.4, -0.2) is 46.6 Å². The van der Waals surface area contributed by atoms with Crippen LogP contribution in [0.3, 0.4) is 0 Å². The monoisotopic (exact) mass is 475 g/mol. The predicted molar refractivity (Wildman–Crippen MR) is 133 cm³/mol. The first-order valence-electron chi connectivity index (χ1n) is 11.6. The molecular formula is C28H30FN3O3. The number of para-hydroxylation sites is 1. The number of hydrogen-bond donors (Lipinski definition) is 1. The number of aliphatic hydroxyl groups excluding tert-OH is 1. The molecule has 3 aromatic carbocycles. The van der Waals surface area contributed by atoms with E-state index in [-0.39, 0.29) is 5.82 Å². The average Bonchev–Trinajstić information content (AvgIpc) is 3.19. The molecule has 182 valence electrons. The van der Waals surface area contributed by atoms with Crippen LogP contribution < -0.4 is 4.74 Å². The minimum absolute atomic E-state index is 0.328. The highest BCUT2D eigenvalue weighted by Gasteiger charge is 2.23. The molecule has 35 heavy (non-hydrogen) atoms. The fourth-order valence-electron chi connectivity index (χ4n) is 3.89. The van der Waals surface area contributed by atoms with Gasteiger partial charge in [-0.25, -0.2) is 9.07 Å². The molecule has 0 amide bonds. The van der Waals surface area contributed by atoms with Gasteiger partial charge in [-0.15, -0.1) is 0 Å². The van der Waals surface area contributed by atoms with E-state index in [9.17, 15) is 9.50 Å². The molecular weight excluding hydrogens is 445 g/mol. The van der Waals surface area contributed by atoms with Gasteiger partial charge in [-0.05, 0) is 48.9 Å². The number of methoxy groups -OCH3 is 1. The van der Waals surface area contributed by atoms with Crippen molar-refractivity contribution in [3.63, 3.8) is 0 Å². The van der Waals surface area contributed by atoms with E-state index in [1.807, 2.05) is 67.6 Å². The smallest absolute Gasteiger partial charge is 0.227 e. The number of rotatable bonds is 11. The van der Waals surface area contributed by atoms with Crippen LogP contribution in [0.15, 0.2) is 84.9 Å². The molecule has 0 bridgehead atoms. The number of aliphatic hydroxyl groups is 1. The first-order valence-corrected chi connectivity index (χ1v) is 11.6. The standard InChI is InChI=1S/C28H30FN3O3/c1-21-26(19-31(17-18-34-2)20-27(33)22-9-5-3-6-10-22)28(35-25-15-13-23(29)14-16-25)32(30-21)24-11-7-4-8-12-24/h3-16,27,33H,17-20H2,1-2H3. The van der Waals surface area contributed by atoms with E-state index >= 15 is 0 Å². The summed E-state index contributed by atoms with van der Waals surface area (Å²) in [6.45, 7) is 3.98. The summed E-state index contributed by atoms with van der Waals surface area (Å²) in [5.41, 5.74) is 3.40. The van der Waals surface area contributed by atoms with Gasteiger partial charge in [-0.1, -0.05) is 48.5 Å². The number of nitrogens with zero attached hydrogens (tertiary/aromatic N) is 3. The van der Waals surface area contributed by atoms with Crippen molar-refractivity contribution in [3.8, 4) is 17.3 Å². The van der Waals surface area contributed by atoms with E-state index in [1.165, 1.54) is 12.1 Å². The molecule has 0 aliphatic carbocycles. The van der Waals surface area contributed by atoms with Crippen molar-refractivity contribution in [2.24, 2.45) is 0 Å². The molecule has 0 radical (unpaired) electrons. The van der Waals surface area contributed by atoms with Crippen molar-refractivity contribution >= 4 is 0 Å². The second kappa shape index (κ2) is 11.8. The van der Waals surface area contributed by atoms with Gasteiger partial charge in [-0.3, -0.25) is 4.90 Å².